The van der Waals surface area contributed by atoms with Crippen LogP contribution in [0.25, 0.3) is 0 Å². The zero-order valence-electron chi connectivity index (χ0n) is 13.3. The van der Waals surface area contributed by atoms with Crippen molar-refractivity contribution in [2.24, 2.45) is 0 Å². The molecule has 3 N–H and O–H groups in total. The molecule has 1 heterocycles. The molecule has 0 aliphatic heterocycles. The predicted octanol–water partition coefficient (Wildman–Crippen LogP) is 0.808. The number of aromatic nitrogens is 2. The Hall–Kier alpha value is -2.83. The van der Waals surface area contributed by atoms with Crippen molar-refractivity contribution in [3.63, 3.8) is 0 Å². The number of carbonyl (C=O) groups excluding carboxylic acids is 1. The van der Waals surface area contributed by atoms with Gasteiger partial charge in [0, 0.05) is 11.6 Å². The van der Waals surface area contributed by atoms with E-state index in [4.69, 9.17) is 4.74 Å². The number of amides is 1. The first-order valence-electron chi connectivity index (χ1n) is 7.84. The smallest absolute Gasteiger partial charge is 0.266 e. The number of aryl methyl sites for hydroxylation is 1. The van der Waals surface area contributed by atoms with Gasteiger partial charge in [0.15, 0.2) is 0 Å². The number of hydrogen-bond donors (Lipinski definition) is 3. The molecule has 0 saturated carbocycles. The molecule has 0 spiro atoms. The molecule has 1 aliphatic rings. The maximum atomic E-state index is 12.3. The van der Waals surface area contributed by atoms with Gasteiger partial charge in [-0.3, -0.25) is 24.6 Å². The quantitative estimate of drug-likeness (QED) is 0.772. The average Bonchev–Trinajstić information content (AvgIpc) is 2.58. The first-order chi connectivity index (χ1) is 11.6. The van der Waals surface area contributed by atoms with Gasteiger partial charge in [-0.2, -0.15) is 0 Å². The molecule has 1 aromatic carbocycles. The third-order valence-corrected chi connectivity index (χ3v) is 4.25. The number of methoxy groups -OCH3 is 1. The molecule has 126 valence electrons. The van der Waals surface area contributed by atoms with E-state index in [1.54, 1.807) is 7.11 Å². The van der Waals surface area contributed by atoms with Crippen LogP contribution in [-0.2, 0) is 17.6 Å². The minimum absolute atomic E-state index is 0.0896. The van der Waals surface area contributed by atoms with E-state index in [1.807, 2.05) is 18.2 Å². The van der Waals surface area contributed by atoms with Gasteiger partial charge in [0.25, 0.3) is 11.1 Å². The largest absolute Gasteiger partial charge is 0.497 e. The summed E-state index contributed by atoms with van der Waals surface area (Å²) in [6.45, 7) is 0. The van der Waals surface area contributed by atoms with Gasteiger partial charge in [0.1, 0.15) is 5.75 Å². The summed E-state index contributed by atoms with van der Waals surface area (Å²) in [5.41, 5.74) is 1.50. The van der Waals surface area contributed by atoms with Crippen LogP contribution in [0.15, 0.2) is 33.9 Å². The second-order valence-electron chi connectivity index (χ2n) is 5.87. The summed E-state index contributed by atoms with van der Waals surface area (Å²) in [5, 5.41) is 7.36. The number of benzene rings is 1. The van der Waals surface area contributed by atoms with E-state index < -0.39 is 11.1 Å². The topological polar surface area (TPSA) is 104 Å². The standard InChI is InChI=1S/C17H19N3O4/c1-24-12-5-6-13-10(7-12)3-2-4-14(13)18-15(21)8-11-9-16(22)19-20-17(11)23/h5-7,9,14H,2-4,8H2,1H3,(H,18,21)(H,19,22)(H,20,23)/t14-/m1/s1. The molecule has 24 heavy (non-hydrogen) atoms. The highest BCUT2D eigenvalue weighted by Gasteiger charge is 2.22. The van der Waals surface area contributed by atoms with E-state index in [-0.39, 0.29) is 23.9 Å². The Labute approximate surface area is 138 Å². The summed E-state index contributed by atoms with van der Waals surface area (Å²) in [4.78, 5) is 35.2. The van der Waals surface area contributed by atoms with Gasteiger partial charge in [-0.15, -0.1) is 0 Å². The van der Waals surface area contributed by atoms with Gasteiger partial charge < -0.3 is 10.1 Å². The Balaban J connectivity index is 1.75. The molecule has 0 radical (unpaired) electrons. The van der Waals surface area contributed by atoms with Crippen LogP contribution in [0.5, 0.6) is 5.75 Å². The van der Waals surface area contributed by atoms with Crippen LogP contribution in [-0.4, -0.2) is 23.2 Å². The van der Waals surface area contributed by atoms with Crippen LogP contribution in [0.3, 0.4) is 0 Å². The van der Waals surface area contributed by atoms with E-state index in [1.165, 1.54) is 5.56 Å². The highest BCUT2D eigenvalue weighted by molar-refractivity contribution is 5.79. The van der Waals surface area contributed by atoms with Crippen molar-refractivity contribution in [3.8, 4) is 5.75 Å². The summed E-state index contributed by atoms with van der Waals surface area (Å²) in [5.74, 6) is 0.524. The SMILES string of the molecule is COc1ccc2c(c1)CCC[C@H]2NC(=O)Cc1cc(=O)[nH][nH]c1=O. The maximum Gasteiger partial charge on any atom is 0.266 e. The van der Waals surface area contributed by atoms with Crippen molar-refractivity contribution < 1.29 is 9.53 Å². The van der Waals surface area contributed by atoms with Gasteiger partial charge >= 0.3 is 0 Å². The first kappa shape index (κ1) is 16.0. The van der Waals surface area contributed by atoms with Crippen molar-refractivity contribution in [2.75, 3.05) is 7.11 Å². The average molecular weight is 329 g/mol. The number of carbonyl (C=O) groups is 1. The van der Waals surface area contributed by atoms with Crippen LogP contribution in [0, 0.1) is 0 Å². The van der Waals surface area contributed by atoms with Crippen molar-refractivity contribution in [3.05, 3.63) is 61.7 Å². The van der Waals surface area contributed by atoms with Gasteiger partial charge in [0.05, 0.1) is 19.6 Å². The summed E-state index contributed by atoms with van der Waals surface area (Å²) in [6.07, 6.45) is 2.64. The molecular weight excluding hydrogens is 310 g/mol. The molecule has 2 aromatic rings. The third kappa shape index (κ3) is 3.40. The molecule has 1 aromatic heterocycles. The zero-order chi connectivity index (χ0) is 17.1. The van der Waals surface area contributed by atoms with E-state index in [0.29, 0.717) is 0 Å². The minimum Gasteiger partial charge on any atom is -0.497 e. The molecule has 1 amide bonds. The Morgan fingerprint density at radius 3 is 2.92 bits per heavy atom. The number of ether oxygens (including phenoxy) is 1. The highest BCUT2D eigenvalue weighted by atomic mass is 16.5. The van der Waals surface area contributed by atoms with Crippen molar-refractivity contribution in [1.82, 2.24) is 15.5 Å². The Bertz CT molecular complexity index is 869. The Kier molecular flexibility index (Phi) is 4.50. The molecule has 0 saturated heterocycles. The van der Waals surface area contributed by atoms with Gasteiger partial charge in [-0.05, 0) is 42.5 Å². The predicted molar refractivity (Wildman–Crippen MR) is 88.2 cm³/mol. The minimum atomic E-state index is -0.460. The highest BCUT2D eigenvalue weighted by Crippen LogP contribution is 2.32. The van der Waals surface area contributed by atoms with Gasteiger partial charge in [0.2, 0.25) is 5.91 Å². The fourth-order valence-corrected chi connectivity index (χ4v) is 3.08. The normalized spacial score (nSPS) is 16.3. The second kappa shape index (κ2) is 6.74. The van der Waals surface area contributed by atoms with Crippen molar-refractivity contribution in [1.29, 1.82) is 0 Å². The number of hydrogen-bond acceptors (Lipinski definition) is 4. The molecular formula is C17H19N3O4. The number of nitrogens with one attached hydrogen (secondary N) is 3. The lowest BCUT2D eigenvalue weighted by Gasteiger charge is -2.26. The molecule has 3 rings (SSSR count). The number of aromatic amines is 2. The lowest BCUT2D eigenvalue weighted by molar-refractivity contribution is -0.121. The Morgan fingerprint density at radius 1 is 1.29 bits per heavy atom. The third-order valence-electron chi connectivity index (χ3n) is 4.25. The molecule has 0 bridgehead atoms. The summed E-state index contributed by atoms with van der Waals surface area (Å²) in [7, 11) is 1.63. The maximum absolute atomic E-state index is 12.3. The van der Waals surface area contributed by atoms with Crippen LogP contribution < -0.4 is 21.2 Å². The summed E-state index contributed by atoms with van der Waals surface area (Å²) >= 11 is 0. The molecule has 0 fully saturated rings. The van der Waals surface area contributed by atoms with Crippen LogP contribution in [0.2, 0.25) is 0 Å². The lowest BCUT2D eigenvalue weighted by Crippen LogP contribution is -2.34. The number of rotatable bonds is 4. The van der Waals surface area contributed by atoms with Gasteiger partial charge in [-0.25, -0.2) is 0 Å². The number of fused-ring (bicyclic) bond motifs is 1. The first-order valence-corrected chi connectivity index (χ1v) is 7.84. The molecule has 1 aliphatic carbocycles. The van der Waals surface area contributed by atoms with E-state index in [2.05, 4.69) is 15.5 Å². The van der Waals surface area contributed by atoms with Crippen LogP contribution in [0.1, 0.15) is 35.6 Å². The summed E-state index contributed by atoms with van der Waals surface area (Å²) in [6, 6.07) is 6.91. The zero-order valence-corrected chi connectivity index (χ0v) is 13.3. The number of H-pyrrole nitrogens is 2. The van der Waals surface area contributed by atoms with E-state index in [9.17, 15) is 14.4 Å². The second-order valence-corrected chi connectivity index (χ2v) is 5.87. The molecule has 7 nitrogen and oxygen atoms in total. The lowest BCUT2D eigenvalue weighted by atomic mass is 9.87. The monoisotopic (exact) mass is 329 g/mol. The van der Waals surface area contributed by atoms with Crippen LogP contribution in [0.4, 0.5) is 0 Å². The molecule has 1 atom stereocenters. The van der Waals surface area contributed by atoms with Crippen molar-refractivity contribution >= 4 is 5.91 Å². The fraction of sp³-hybridized carbons (Fsp3) is 0.353. The van der Waals surface area contributed by atoms with Crippen molar-refractivity contribution in [2.45, 2.75) is 31.7 Å². The van der Waals surface area contributed by atoms with Gasteiger partial charge in [-0.1, -0.05) is 6.07 Å². The summed E-state index contributed by atoms with van der Waals surface area (Å²) < 4.78 is 5.24. The van der Waals surface area contributed by atoms with E-state index in [0.717, 1.165) is 36.6 Å². The van der Waals surface area contributed by atoms with E-state index >= 15 is 0 Å². The molecule has 7 heteroatoms. The fourth-order valence-electron chi connectivity index (χ4n) is 3.08. The Morgan fingerprint density at radius 2 is 2.12 bits per heavy atom. The molecule has 0 unspecified atom stereocenters. The van der Waals surface area contributed by atoms with Crippen LogP contribution >= 0.6 is 0 Å².